The number of piperidine rings is 1. The first-order valence-electron chi connectivity index (χ1n) is 11.0. The van der Waals surface area contributed by atoms with E-state index in [-0.39, 0.29) is 35.3 Å². The molecule has 0 atom stereocenters. The van der Waals surface area contributed by atoms with E-state index in [0.29, 0.717) is 45.4 Å². The van der Waals surface area contributed by atoms with Crippen LogP contribution in [-0.2, 0) is 24.3 Å². The van der Waals surface area contributed by atoms with E-state index >= 15 is 0 Å². The van der Waals surface area contributed by atoms with E-state index in [9.17, 15) is 22.4 Å². The molecule has 0 radical (unpaired) electrons. The van der Waals surface area contributed by atoms with Gasteiger partial charge in [-0.05, 0) is 56.9 Å². The number of ether oxygens (including phenoxy) is 1. The van der Waals surface area contributed by atoms with Gasteiger partial charge < -0.3 is 9.64 Å². The van der Waals surface area contributed by atoms with Crippen LogP contribution in [0.15, 0.2) is 29.2 Å². The van der Waals surface area contributed by atoms with Crippen molar-refractivity contribution in [3.05, 3.63) is 30.1 Å². The molecule has 0 unspecified atom stereocenters. The highest BCUT2D eigenvalue weighted by Gasteiger charge is 2.36. The van der Waals surface area contributed by atoms with Gasteiger partial charge in [-0.25, -0.2) is 12.8 Å². The van der Waals surface area contributed by atoms with Crippen LogP contribution in [0.2, 0.25) is 0 Å². The highest BCUT2D eigenvalue weighted by atomic mass is 32.2. The number of sulfonamides is 1. The van der Waals surface area contributed by atoms with Crippen LogP contribution in [0.4, 0.5) is 4.39 Å². The molecule has 0 aromatic heterocycles. The molecule has 1 saturated heterocycles. The molecular weight excluding hydrogens is 423 g/mol. The van der Waals surface area contributed by atoms with Crippen molar-refractivity contribution in [3.63, 3.8) is 0 Å². The number of likely N-dealkylation sites (tertiary alicyclic amines) is 1. The summed E-state index contributed by atoms with van der Waals surface area (Å²) in [4.78, 5) is 26.6. The standard InChI is InChI=1S/C22H31FN2O5S/c1-2-30-22(27)17-12-14-24(15-13-17)21(26)16-25(19-6-4-3-5-7-19)31(28,29)20-10-8-18(23)9-11-20/h8-11,17,19H,2-7,12-16H2,1H3. The van der Waals surface area contributed by atoms with Gasteiger partial charge in [0.15, 0.2) is 0 Å². The number of rotatable bonds is 7. The van der Waals surface area contributed by atoms with E-state index in [4.69, 9.17) is 4.74 Å². The van der Waals surface area contributed by atoms with Crippen LogP contribution in [0, 0.1) is 11.7 Å². The highest BCUT2D eigenvalue weighted by Crippen LogP contribution is 2.28. The molecule has 1 aliphatic carbocycles. The topological polar surface area (TPSA) is 84.0 Å². The predicted molar refractivity (Wildman–Crippen MR) is 113 cm³/mol. The molecule has 31 heavy (non-hydrogen) atoms. The molecule has 0 N–H and O–H groups in total. The van der Waals surface area contributed by atoms with E-state index in [1.54, 1.807) is 11.8 Å². The molecule has 2 fully saturated rings. The zero-order valence-corrected chi connectivity index (χ0v) is 18.8. The van der Waals surface area contributed by atoms with Crippen LogP contribution in [0.3, 0.4) is 0 Å². The van der Waals surface area contributed by atoms with Gasteiger partial charge in [-0.15, -0.1) is 0 Å². The van der Waals surface area contributed by atoms with Crippen LogP contribution in [-0.4, -0.2) is 61.8 Å². The number of nitrogens with zero attached hydrogens (tertiary/aromatic N) is 2. The Morgan fingerprint density at radius 1 is 1.06 bits per heavy atom. The van der Waals surface area contributed by atoms with Crippen molar-refractivity contribution >= 4 is 21.9 Å². The lowest BCUT2D eigenvalue weighted by Gasteiger charge is -2.36. The maximum Gasteiger partial charge on any atom is 0.309 e. The number of benzene rings is 1. The molecule has 1 aromatic carbocycles. The summed E-state index contributed by atoms with van der Waals surface area (Å²) in [5.41, 5.74) is 0. The molecule has 7 nitrogen and oxygen atoms in total. The molecule has 1 aromatic rings. The van der Waals surface area contributed by atoms with Crippen molar-refractivity contribution in [2.45, 2.75) is 62.8 Å². The fourth-order valence-electron chi connectivity index (χ4n) is 4.38. The van der Waals surface area contributed by atoms with Crippen molar-refractivity contribution in [1.29, 1.82) is 0 Å². The Morgan fingerprint density at radius 2 is 1.68 bits per heavy atom. The molecule has 2 aliphatic rings. The minimum atomic E-state index is -3.94. The third-order valence-corrected chi connectivity index (χ3v) is 8.07. The number of esters is 1. The molecule has 1 amide bonds. The van der Waals surface area contributed by atoms with E-state index in [1.165, 1.54) is 16.4 Å². The number of hydrogen-bond acceptors (Lipinski definition) is 5. The molecule has 9 heteroatoms. The third kappa shape index (κ3) is 5.83. The molecule has 1 heterocycles. The summed E-state index contributed by atoms with van der Waals surface area (Å²) < 4.78 is 46.4. The van der Waals surface area contributed by atoms with Crippen molar-refractivity contribution in [2.75, 3.05) is 26.2 Å². The normalized spacial score (nSPS) is 18.9. The molecule has 1 saturated carbocycles. The minimum absolute atomic E-state index is 0.00621. The molecule has 0 bridgehead atoms. The van der Waals surface area contributed by atoms with E-state index in [0.717, 1.165) is 31.4 Å². The summed E-state index contributed by atoms with van der Waals surface area (Å²) in [5.74, 6) is -1.24. The second kappa shape index (κ2) is 10.5. The number of carbonyl (C=O) groups is 2. The van der Waals surface area contributed by atoms with Crippen molar-refractivity contribution in [1.82, 2.24) is 9.21 Å². The summed E-state index contributed by atoms with van der Waals surface area (Å²) in [7, 11) is -3.94. The molecule has 3 rings (SSSR count). The average molecular weight is 455 g/mol. The zero-order chi connectivity index (χ0) is 22.4. The number of hydrogen-bond donors (Lipinski definition) is 0. The first-order valence-corrected chi connectivity index (χ1v) is 12.5. The van der Waals surface area contributed by atoms with E-state index in [1.807, 2.05) is 0 Å². The number of carbonyl (C=O) groups excluding carboxylic acids is 2. The van der Waals surface area contributed by atoms with Gasteiger partial charge in [0.1, 0.15) is 5.82 Å². The van der Waals surface area contributed by atoms with E-state index in [2.05, 4.69) is 0 Å². The smallest absolute Gasteiger partial charge is 0.309 e. The minimum Gasteiger partial charge on any atom is -0.466 e. The van der Waals surface area contributed by atoms with Crippen molar-refractivity contribution in [2.24, 2.45) is 5.92 Å². The Balaban J connectivity index is 1.72. The number of halogens is 1. The summed E-state index contributed by atoms with van der Waals surface area (Å²) in [5, 5.41) is 0. The Bertz CT molecular complexity index is 860. The zero-order valence-electron chi connectivity index (χ0n) is 18.0. The Labute approximate surface area is 183 Å². The summed E-state index contributed by atoms with van der Waals surface area (Å²) in [6.45, 7) is 2.65. The van der Waals surface area contributed by atoms with Gasteiger partial charge in [0, 0.05) is 19.1 Å². The second-order valence-corrected chi connectivity index (χ2v) is 10.1. The van der Waals surface area contributed by atoms with Gasteiger partial charge in [0.2, 0.25) is 15.9 Å². The lowest BCUT2D eigenvalue weighted by Crippen LogP contribution is -2.50. The summed E-state index contributed by atoms with van der Waals surface area (Å²) in [6, 6.07) is 4.48. The fraction of sp³-hybridized carbons (Fsp3) is 0.636. The average Bonchev–Trinajstić information content (AvgIpc) is 2.78. The molecule has 1 aliphatic heterocycles. The van der Waals surface area contributed by atoms with Gasteiger partial charge >= 0.3 is 5.97 Å². The lowest BCUT2D eigenvalue weighted by atomic mass is 9.95. The van der Waals surface area contributed by atoms with Gasteiger partial charge in [0.25, 0.3) is 0 Å². The van der Waals surface area contributed by atoms with Crippen molar-refractivity contribution in [3.8, 4) is 0 Å². The second-order valence-electron chi connectivity index (χ2n) is 8.20. The predicted octanol–water partition coefficient (Wildman–Crippen LogP) is 2.95. The first-order chi connectivity index (χ1) is 14.8. The third-order valence-electron chi connectivity index (χ3n) is 6.16. The SMILES string of the molecule is CCOC(=O)C1CCN(C(=O)CN(C2CCCCC2)S(=O)(=O)c2ccc(F)cc2)CC1. The van der Waals surface area contributed by atoms with Crippen LogP contribution in [0.25, 0.3) is 0 Å². The lowest BCUT2D eigenvalue weighted by molar-refractivity contribution is -0.151. The molecular formula is C22H31FN2O5S. The largest absolute Gasteiger partial charge is 0.466 e. The summed E-state index contributed by atoms with van der Waals surface area (Å²) in [6.07, 6.45) is 5.32. The van der Waals surface area contributed by atoms with Gasteiger partial charge in [0.05, 0.1) is 24.0 Å². The Hall–Kier alpha value is -2.00. The summed E-state index contributed by atoms with van der Waals surface area (Å²) >= 11 is 0. The quantitative estimate of drug-likeness (QED) is 0.592. The maximum atomic E-state index is 13.3. The van der Waals surface area contributed by atoms with E-state index < -0.39 is 15.8 Å². The van der Waals surface area contributed by atoms with Crippen LogP contribution in [0.1, 0.15) is 51.9 Å². The van der Waals surface area contributed by atoms with Crippen LogP contribution in [0.5, 0.6) is 0 Å². The van der Waals surface area contributed by atoms with Crippen LogP contribution >= 0.6 is 0 Å². The van der Waals surface area contributed by atoms with Gasteiger partial charge in [-0.1, -0.05) is 19.3 Å². The Kier molecular flexibility index (Phi) is 8.05. The van der Waals surface area contributed by atoms with Gasteiger partial charge in [-0.3, -0.25) is 9.59 Å². The number of amides is 1. The molecule has 0 spiro atoms. The van der Waals surface area contributed by atoms with Crippen LogP contribution < -0.4 is 0 Å². The highest BCUT2D eigenvalue weighted by molar-refractivity contribution is 7.89. The molecule has 172 valence electrons. The van der Waals surface area contributed by atoms with Gasteiger partial charge in [-0.2, -0.15) is 4.31 Å². The fourth-order valence-corrected chi connectivity index (χ4v) is 6.01. The monoisotopic (exact) mass is 454 g/mol. The Morgan fingerprint density at radius 3 is 2.26 bits per heavy atom. The van der Waals surface area contributed by atoms with Crippen molar-refractivity contribution < 1.29 is 27.1 Å². The first kappa shape index (κ1) is 23.7. The maximum absolute atomic E-state index is 13.3.